The van der Waals surface area contributed by atoms with Crippen LogP contribution in [0.15, 0.2) is 30.5 Å². The molecular weight excluding hydrogens is 274 g/mol. The zero-order valence-corrected chi connectivity index (χ0v) is 12.6. The summed E-state index contributed by atoms with van der Waals surface area (Å²) in [6, 6.07) is 8.22. The first-order chi connectivity index (χ1) is 9.60. The van der Waals surface area contributed by atoms with Crippen LogP contribution in [0.4, 0.5) is 0 Å². The van der Waals surface area contributed by atoms with E-state index in [1.807, 2.05) is 18.3 Å². The van der Waals surface area contributed by atoms with Gasteiger partial charge in [-0.3, -0.25) is 9.58 Å². The van der Waals surface area contributed by atoms with E-state index in [-0.39, 0.29) is 6.04 Å². The van der Waals surface area contributed by atoms with Crippen molar-refractivity contribution in [2.75, 3.05) is 13.6 Å². The minimum Gasteiger partial charge on any atom is -0.329 e. The fourth-order valence-corrected chi connectivity index (χ4v) is 2.17. The summed E-state index contributed by atoms with van der Waals surface area (Å²) in [4.78, 5) is 2.22. The number of benzene rings is 1. The fourth-order valence-electron chi connectivity index (χ4n) is 2.04. The second-order valence-electron chi connectivity index (χ2n) is 4.90. The van der Waals surface area contributed by atoms with Gasteiger partial charge in [0.05, 0.1) is 12.2 Å². The zero-order valence-electron chi connectivity index (χ0n) is 11.8. The van der Waals surface area contributed by atoms with Crippen LogP contribution < -0.4 is 5.73 Å². The Hall–Kier alpha value is -1.43. The summed E-state index contributed by atoms with van der Waals surface area (Å²) in [6.45, 7) is 4.17. The Morgan fingerprint density at radius 1 is 1.35 bits per heavy atom. The van der Waals surface area contributed by atoms with Gasteiger partial charge < -0.3 is 5.73 Å². The minimum atomic E-state index is 0.284. The van der Waals surface area contributed by atoms with Crippen molar-refractivity contribution in [1.82, 2.24) is 19.9 Å². The van der Waals surface area contributed by atoms with Gasteiger partial charge in [0, 0.05) is 30.4 Å². The quantitative estimate of drug-likeness (QED) is 0.886. The van der Waals surface area contributed by atoms with Gasteiger partial charge in [-0.25, -0.2) is 0 Å². The molecule has 1 atom stereocenters. The topological polar surface area (TPSA) is 60.0 Å². The first-order valence-electron chi connectivity index (χ1n) is 6.65. The summed E-state index contributed by atoms with van der Waals surface area (Å²) < 4.78 is 1.77. The van der Waals surface area contributed by atoms with Crippen molar-refractivity contribution < 1.29 is 0 Å². The Morgan fingerprint density at radius 2 is 2.05 bits per heavy atom. The summed E-state index contributed by atoms with van der Waals surface area (Å²) in [5.41, 5.74) is 7.67. The monoisotopic (exact) mass is 293 g/mol. The van der Waals surface area contributed by atoms with Crippen molar-refractivity contribution in [2.24, 2.45) is 5.73 Å². The van der Waals surface area contributed by atoms with Crippen molar-refractivity contribution in [2.45, 2.75) is 26.1 Å². The van der Waals surface area contributed by atoms with E-state index in [1.165, 1.54) is 5.56 Å². The third-order valence-electron chi connectivity index (χ3n) is 3.37. The van der Waals surface area contributed by atoms with E-state index >= 15 is 0 Å². The van der Waals surface area contributed by atoms with Crippen LogP contribution in [-0.4, -0.2) is 33.5 Å². The highest BCUT2D eigenvalue weighted by Gasteiger charge is 2.13. The van der Waals surface area contributed by atoms with Crippen molar-refractivity contribution in [1.29, 1.82) is 0 Å². The van der Waals surface area contributed by atoms with Gasteiger partial charge >= 0.3 is 0 Å². The summed E-state index contributed by atoms with van der Waals surface area (Å²) in [6.07, 6.45) is 1.94. The van der Waals surface area contributed by atoms with Gasteiger partial charge in [0.15, 0.2) is 0 Å². The summed E-state index contributed by atoms with van der Waals surface area (Å²) in [5.74, 6) is 0. The van der Waals surface area contributed by atoms with Crippen molar-refractivity contribution in [3.05, 3.63) is 46.7 Å². The predicted molar refractivity (Wildman–Crippen MR) is 80.4 cm³/mol. The van der Waals surface area contributed by atoms with E-state index in [2.05, 4.69) is 41.3 Å². The van der Waals surface area contributed by atoms with Crippen LogP contribution >= 0.6 is 11.6 Å². The van der Waals surface area contributed by atoms with Gasteiger partial charge in [-0.05, 0) is 31.7 Å². The first-order valence-corrected chi connectivity index (χ1v) is 7.02. The third-order valence-corrected chi connectivity index (χ3v) is 3.62. The molecule has 1 aromatic carbocycles. The second kappa shape index (κ2) is 6.83. The standard InChI is InChI=1S/C14H20ClN5/c1-11(12-3-5-13(15)6-4-12)19(2)9-14-10-20(8-7-16)18-17-14/h3-6,10-11H,7-9,16H2,1-2H3. The first kappa shape index (κ1) is 15.0. The molecule has 5 nitrogen and oxygen atoms in total. The molecule has 0 fully saturated rings. The molecule has 0 spiro atoms. The van der Waals surface area contributed by atoms with Gasteiger partial charge in [0.25, 0.3) is 0 Å². The number of hydrogen-bond acceptors (Lipinski definition) is 4. The lowest BCUT2D eigenvalue weighted by atomic mass is 10.1. The molecule has 108 valence electrons. The van der Waals surface area contributed by atoms with Crippen LogP contribution in [0.5, 0.6) is 0 Å². The molecule has 20 heavy (non-hydrogen) atoms. The molecule has 0 bridgehead atoms. The number of hydrogen-bond donors (Lipinski definition) is 1. The van der Waals surface area contributed by atoms with Crippen LogP contribution in [-0.2, 0) is 13.1 Å². The molecule has 1 unspecified atom stereocenters. The Labute approximate surface area is 124 Å². The predicted octanol–water partition coefficient (Wildman–Crippen LogP) is 2.08. The highest BCUT2D eigenvalue weighted by atomic mass is 35.5. The molecule has 6 heteroatoms. The molecule has 1 aromatic heterocycles. The summed E-state index contributed by atoms with van der Waals surface area (Å²) >= 11 is 5.91. The zero-order chi connectivity index (χ0) is 14.5. The molecule has 0 radical (unpaired) electrons. The lowest BCUT2D eigenvalue weighted by Gasteiger charge is -2.24. The lowest BCUT2D eigenvalue weighted by molar-refractivity contribution is 0.250. The largest absolute Gasteiger partial charge is 0.329 e. The lowest BCUT2D eigenvalue weighted by Crippen LogP contribution is -2.22. The molecule has 2 N–H and O–H groups in total. The molecule has 0 aliphatic carbocycles. The van der Waals surface area contributed by atoms with Gasteiger partial charge in [-0.2, -0.15) is 0 Å². The minimum absolute atomic E-state index is 0.284. The Balaban J connectivity index is 1.99. The fraction of sp³-hybridized carbons (Fsp3) is 0.429. The maximum Gasteiger partial charge on any atom is 0.0967 e. The summed E-state index contributed by atoms with van der Waals surface area (Å²) in [7, 11) is 2.07. The van der Waals surface area contributed by atoms with E-state index in [9.17, 15) is 0 Å². The smallest absolute Gasteiger partial charge is 0.0967 e. The van der Waals surface area contributed by atoms with E-state index in [1.54, 1.807) is 4.68 Å². The molecule has 0 aliphatic heterocycles. The number of nitrogens with zero attached hydrogens (tertiary/aromatic N) is 4. The number of rotatable bonds is 6. The molecule has 0 aliphatic rings. The van der Waals surface area contributed by atoms with Crippen LogP contribution in [0.2, 0.25) is 5.02 Å². The van der Waals surface area contributed by atoms with Crippen LogP contribution in [0.1, 0.15) is 24.2 Å². The number of halogens is 1. The van der Waals surface area contributed by atoms with Crippen molar-refractivity contribution in [3.8, 4) is 0 Å². The molecule has 2 rings (SSSR count). The molecule has 0 amide bonds. The van der Waals surface area contributed by atoms with Gasteiger partial charge in [0.2, 0.25) is 0 Å². The van der Waals surface area contributed by atoms with Crippen LogP contribution in [0.25, 0.3) is 0 Å². The highest BCUT2D eigenvalue weighted by molar-refractivity contribution is 6.30. The Bertz CT molecular complexity index is 537. The maximum absolute atomic E-state index is 5.91. The van der Waals surface area contributed by atoms with Crippen LogP contribution in [0.3, 0.4) is 0 Å². The van der Waals surface area contributed by atoms with E-state index in [0.717, 1.165) is 17.3 Å². The van der Waals surface area contributed by atoms with E-state index in [0.29, 0.717) is 13.1 Å². The van der Waals surface area contributed by atoms with Gasteiger partial charge in [-0.1, -0.05) is 28.9 Å². The van der Waals surface area contributed by atoms with Crippen LogP contribution in [0, 0.1) is 0 Å². The third kappa shape index (κ3) is 3.79. The van der Waals surface area contributed by atoms with Crippen molar-refractivity contribution in [3.63, 3.8) is 0 Å². The molecule has 1 heterocycles. The molecule has 2 aromatic rings. The van der Waals surface area contributed by atoms with Gasteiger partial charge in [0.1, 0.15) is 0 Å². The highest BCUT2D eigenvalue weighted by Crippen LogP contribution is 2.21. The SMILES string of the molecule is CC(c1ccc(Cl)cc1)N(C)Cc1cn(CCN)nn1. The second-order valence-corrected chi connectivity index (χ2v) is 5.34. The molecule has 0 saturated heterocycles. The number of aromatic nitrogens is 3. The molecular formula is C14H20ClN5. The Kier molecular flexibility index (Phi) is 5.11. The normalized spacial score (nSPS) is 12.8. The summed E-state index contributed by atoms with van der Waals surface area (Å²) in [5, 5.41) is 8.96. The number of nitrogens with two attached hydrogens (primary N) is 1. The Morgan fingerprint density at radius 3 is 2.70 bits per heavy atom. The average molecular weight is 294 g/mol. The average Bonchev–Trinajstić information content (AvgIpc) is 2.86. The maximum atomic E-state index is 5.91. The van der Waals surface area contributed by atoms with E-state index in [4.69, 9.17) is 17.3 Å². The molecule has 0 saturated carbocycles. The van der Waals surface area contributed by atoms with Gasteiger partial charge in [-0.15, -0.1) is 5.10 Å². The van der Waals surface area contributed by atoms with E-state index < -0.39 is 0 Å². The van der Waals surface area contributed by atoms with Crippen molar-refractivity contribution >= 4 is 11.6 Å².